The molecule has 0 aromatic heterocycles. The molecule has 1 saturated carbocycles. The minimum Gasteiger partial charge on any atom is -0.497 e. The molecule has 1 aromatic carbocycles. The summed E-state index contributed by atoms with van der Waals surface area (Å²) in [5.41, 5.74) is 5.79. The summed E-state index contributed by atoms with van der Waals surface area (Å²) in [5, 5.41) is 3.70. The van der Waals surface area contributed by atoms with Crippen molar-refractivity contribution in [3.63, 3.8) is 0 Å². The lowest BCUT2D eigenvalue weighted by Gasteiger charge is -2.30. The predicted molar refractivity (Wildman–Crippen MR) is 97.3 cm³/mol. The summed E-state index contributed by atoms with van der Waals surface area (Å²) in [5.74, 6) is 1.37. The summed E-state index contributed by atoms with van der Waals surface area (Å²) in [6.07, 6.45) is 4.79. The zero-order valence-corrected chi connectivity index (χ0v) is 15.2. The fourth-order valence-corrected chi connectivity index (χ4v) is 3.06. The smallest absolute Gasteiger partial charge is 0.269 e. The first-order chi connectivity index (χ1) is 11.5. The Labute approximate surface area is 148 Å². The van der Waals surface area contributed by atoms with Gasteiger partial charge in [0.25, 0.3) is 5.91 Å². The number of thiocarbonyl (C=S) groups is 1. The van der Waals surface area contributed by atoms with Crippen LogP contribution in [0.3, 0.4) is 0 Å². The van der Waals surface area contributed by atoms with Crippen LogP contribution in [0.1, 0.15) is 43.0 Å². The number of rotatable bonds is 4. The second-order valence-corrected chi connectivity index (χ2v) is 6.43. The van der Waals surface area contributed by atoms with Crippen molar-refractivity contribution in [1.82, 2.24) is 16.2 Å². The topological polar surface area (TPSA) is 71.6 Å². The molecule has 0 heterocycles. The van der Waals surface area contributed by atoms with Crippen LogP contribution < -0.4 is 25.6 Å². The summed E-state index contributed by atoms with van der Waals surface area (Å²) in [7, 11) is 3.08. The number of nitrogens with one attached hydrogen (secondary N) is 3. The van der Waals surface area contributed by atoms with Gasteiger partial charge in [0, 0.05) is 17.7 Å². The zero-order chi connectivity index (χ0) is 17.5. The molecule has 1 amide bonds. The van der Waals surface area contributed by atoms with Crippen LogP contribution in [-0.2, 0) is 0 Å². The lowest BCUT2D eigenvalue weighted by atomic mass is 9.86. The minimum atomic E-state index is -0.312. The monoisotopic (exact) mass is 351 g/mol. The molecule has 3 N–H and O–H groups in total. The molecule has 0 spiro atoms. The molecular weight excluding hydrogens is 326 g/mol. The SMILES string of the molecule is COc1cc(OC)cc(C(=O)NNC(=S)N[C@@H]2CCCC[C@@H]2C)c1. The number of hydrogen-bond acceptors (Lipinski definition) is 4. The molecule has 7 heteroatoms. The van der Waals surface area contributed by atoms with Crippen molar-refractivity contribution in [3.05, 3.63) is 23.8 Å². The molecule has 0 radical (unpaired) electrons. The number of ether oxygens (including phenoxy) is 2. The first-order valence-corrected chi connectivity index (χ1v) is 8.54. The van der Waals surface area contributed by atoms with E-state index in [1.54, 1.807) is 32.4 Å². The number of hydrazine groups is 1. The number of methoxy groups -OCH3 is 2. The van der Waals surface area contributed by atoms with Gasteiger partial charge < -0.3 is 14.8 Å². The average Bonchev–Trinajstić information content (AvgIpc) is 2.61. The minimum absolute atomic E-state index is 0.312. The molecule has 2 atom stereocenters. The van der Waals surface area contributed by atoms with Crippen LogP contribution in [0.2, 0.25) is 0 Å². The molecule has 1 aliphatic rings. The van der Waals surface area contributed by atoms with E-state index in [-0.39, 0.29) is 5.91 Å². The average molecular weight is 351 g/mol. The third-order valence-corrected chi connectivity index (χ3v) is 4.55. The third kappa shape index (κ3) is 4.99. The van der Waals surface area contributed by atoms with Crippen molar-refractivity contribution in [2.45, 2.75) is 38.6 Å². The Morgan fingerprint density at radius 1 is 1.08 bits per heavy atom. The summed E-state index contributed by atoms with van der Waals surface area (Å²) < 4.78 is 10.3. The predicted octanol–water partition coefficient (Wildman–Crippen LogP) is 2.39. The van der Waals surface area contributed by atoms with Gasteiger partial charge in [0.15, 0.2) is 5.11 Å². The van der Waals surface area contributed by atoms with Crippen LogP contribution in [0.25, 0.3) is 0 Å². The van der Waals surface area contributed by atoms with Gasteiger partial charge in [0.2, 0.25) is 0 Å². The van der Waals surface area contributed by atoms with Gasteiger partial charge in [-0.05, 0) is 43.1 Å². The van der Waals surface area contributed by atoms with Gasteiger partial charge in [-0.3, -0.25) is 15.6 Å². The molecule has 0 saturated heterocycles. The number of amides is 1. The molecule has 1 aliphatic carbocycles. The molecule has 0 aliphatic heterocycles. The molecule has 6 nitrogen and oxygen atoms in total. The first-order valence-electron chi connectivity index (χ1n) is 8.13. The van der Waals surface area contributed by atoms with E-state index in [2.05, 4.69) is 23.1 Å². The van der Waals surface area contributed by atoms with E-state index in [4.69, 9.17) is 21.7 Å². The number of carbonyl (C=O) groups is 1. The normalized spacial score (nSPS) is 20.0. The van der Waals surface area contributed by atoms with E-state index < -0.39 is 0 Å². The Morgan fingerprint density at radius 3 is 2.29 bits per heavy atom. The summed E-state index contributed by atoms with van der Waals surface area (Å²) >= 11 is 5.27. The molecule has 132 valence electrons. The van der Waals surface area contributed by atoms with Gasteiger partial charge in [-0.25, -0.2) is 0 Å². The summed E-state index contributed by atoms with van der Waals surface area (Å²) in [6, 6.07) is 5.34. The Balaban J connectivity index is 1.89. The molecule has 1 aromatic rings. The van der Waals surface area contributed by atoms with Crippen LogP contribution in [-0.4, -0.2) is 31.3 Å². The highest BCUT2D eigenvalue weighted by molar-refractivity contribution is 7.80. The van der Waals surface area contributed by atoms with E-state index in [1.807, 2.05) is 0 Å². The van der Waals surface area contributed by atoms with Crippen molar-refractivity contribution in [2.24, 2.45) is 5.92 Å². The second-order valence-electron chi connectivity index (χ2n) is 6.02. The number of hydrogen-bond donors (Lipinski definition) is 3. The van der Waals surface area contributed by atoms with Gasteiger partial charge in [-0.2, -0.15) is 0 Å². The lowest BCUT2D eigenvalue weighted by molar-refractivity contribution is 0.0942. The largest absolute Gasteiger partial charge is 0.497 e. The molecular formula is C17H25N3O3S. The van der Waals surface area contributed by atoms with Crippen LogP contribution >= 0.6 is 12.2 Å². The highest BCUT2D eigenvalue weighted by atomic mass is 32.1. The maximum absolute atomic E-state index is 12.3. The second kappa shape index (κ2) is 8.73. The number of carbonyl (C=O) groups excluding carboxylic acids is 1. The van der Waals surface area contributed by atoms with E-state index >= 15 is 0 Å². The van der Waals surface area contributed by atoms with Crippen molar-refractivity contribution < 1.29 is 14.3 Å². The fraction of sp³-hybridized carbons (Fsp3) is 0.529. The Hall–Kier alpha value is -2.02. The molecule has 0 unspecified atom stereocenters. The van der Waals surface area contributed by atoms with E-state index in [9.17, 15) is 4.79 Å². The van der Waals surface area contributed by atoms with Gasteiger partial charge >= 0.3 is 0 Å². The van der Waals surface area contributed by atoms with Crippen LogP contribution in [0, 0.1) is 5.92 Å². The van der Waals surface area contributed by atoms with Crippen molar-refractivity contribution in [2.75, 3.05) is 14.2 Å². The lowest BCUT2D eigenvalue weighted by Crippen LogP contribution is -2.51. The Morgan fingerprint density at radius 2 is 1.71 bits per heavy atom. The quantitative estimate of drug-likeness (QED) is 0.571. The molecule has 0 bridgehead atoms. The van der Waals surface area contributed by atoms with E-state index in [0.29, 0.717) is 34.1 Å². The van der Waals surface area contributed by atoms with Crippen molar-refractivity contribution in [1.29, 1.82) is 0 Å². The fourth-order valence-electron chi connectivity index (χ4n) is 2.86. The van der Waals surface area contributed by atoms with Crippen molar-refractivity contribution >= 4 is 23.2 Å². The summed E-state index contributed by atoms with van der Waals surface area (Å²) in [4.78, 5) is 12.3. The van der Waals surface area contributed by atoms with Gasteiger partial charge in [-0.1, -0.05) is 19.8 Å². The van der Waals surface area contributed by atoms with Gasteiger partial charge in [0.1, 0.15) is 11.5 Å². The molecule has 24 heavy (non-hydrogen) atoms. The van der Waals surface area contributed by atoms with Crippen LogP contribution in [0.15, 0.2) is 18.2 Å². The van der Waals surface area contributed by atoms with E-state index in [0.717, 1.165) is 6.42 Å². The number of benzene rings is 1. The van der Waals surface area contributed by atoms with E-state index in [1.165, 1.54) is 19.3 Å². The first kappa shape index (κ1) is 18.3. The third-order valence-electron chi connectivity index (χ3n) is 4.33. The summed E-state index contributed by atoms with van der Waals surface area (Å²) in [6.45, 7) is 2.22. The maximum Gasteiger partial charge on any atom is 0.269 e. The van der Waals surface area contributed by atoms with Crippen molar-refractivity contribution in [3.8, 4) is 11.5 Å². The molecule has 2 rings (SSSR count). The molecule has 1 fully saturated rings. The highest BCUT2D eigenvalue weighted by Crippen LogP contribution is 2.24. The standard InChI is InChI=1S/C17H25N3O3S/c1-11-6-4-5-7-15(11)18-17(24)20-19-16(21)12-8-13(22-2)10-14(9-12)23-3/h8-11,15H,4-7H2,1-3H3,(H,19,21)(H2,18,20,24)/t11-,15+/m0/s1. The van der Waals surface area contributed by atoms with Gasteiger partial charge in [-0.15, -0.1) is 0 Å². The Kier molecular flexibility index (Phi) is 6.66. The Bertz CT molecular complexity index is 572. The maximum atomic E-state index is 12.3. The zero-order valence-electron chi connectivity index (χ0n) is 14.3. The van der Waals surface area contributed by atoms with Gasteiger partial charge in [0.05, 0.1) is 14.2 Å². The van der Waals surface area contributed by atoms with Crippen LogP contribution in [0.5, 0.6) is 11.5 Å². The van der Waals surface area contributed by atoms with Crippen LogP contribution in [0.4, 0.5) is 0 Å². The highest BCUT2D eigenvalue weighted by Gasteiger charge is 2.21.